The third-order valence-electron chi connectivity index (χ3n) is 0.222. The molecule has 0 aromatic carbocycles. The maximum absolute atomic E-state index is 2.27. The Morgan fingerprint density at radius 2 is 1.25 bits per heavy atom. The molecule has 1 aromatic rings. The first-order valence-electron chi connectivity index (χ1n) is 0.971. The first kappa shape index (κ1) is 2.99. The first-order valence-corrected chi connectivity index (χ1v) is 7.28. The monoisotopic (exact) mass is 186 g/mol. The van der Waals surface area contributed by atoms with Crippen LogP contribution in [0, 0.1) is 0 Å². The van der Waals surface area contributed by atoms with Crippen molar-refractivity contribution in [3.05, 3.63) is 9.88 Å². The molecule has 0 nitrogen and oxygen atoms in total. The van der Waals surface area contributed by atoms with E-state index in [4.69, 9.17) is 0 Å². The molecule has 0 spiro atoms. The SMILES string of the molecule is c1c[se][se]1. The summed E-state index contributed by atoms with van der Waals surface area (Å²) >= 11 is 1.96. The van der Waals surface area contributed by atoms with Crippen molar-refractivity contribution in [3.8, 4) is 0 Å². The van der Waals surface area contributed by atoms with Gasteiger partial charge in [-0.3, -0.25) is 0 Å². The minimum absolute atomic E-state index is 0.979. The van der Waals surface area contributed by atoms with Gasteiger partial charge in [-0.25, -0.2) is 0 Å². The van der Waals surface area contributed by atoms with Crippen LogP contribution in [0.25, 0.3) is 0 Å². The van der Waals surface area contributed by atoms with Gasteiger partial charge in [0.15, 0.2) is 0 Å². The molecule has 0 aliphatic carbocycles. The summed E-state index contributed by atoms with van der Waals surface area (Å²) in [7, 11) is 0. The van der Waals surface area contributed by atoms with Crippen LogP contribution >= 0.6 is 0 Å². The van der Waals surface area contributed by atoms with E-state index in [1.165, 1.54) is 0 Å². The van der Waals surface area contributed by atoms with E-state index in [1.807, 2.05) is 0 Å². The Labute approximate surface area is 35.5 Å². The molecule has 0 saturated heterocycles. The summed E-state index contributed by atoms with van der Waals surface area (Å²) < 4.78 is 0. The summed E-state index contributed by atoms with van der Waals surface area (Å²) in [4.78, 5) is 4.54. The van der Waals surface area contributed by atoms with Crippen LogP contribution in [0.15, 0.2) is 9.88 Å². The fraction of sp³-hybridized carbons (Fsp3) is 0. The Balaban J connectivity index is 3.00. The molecule has 1 rings (SSSR count). The van der Waals surface area contributed by atoms with Crippen LogP contribution in [0.5, 0.6) is 0 Å². The van der Waals surface area contributed by atoms with E-state index in [0.29, 0.717) is 0 Å². The van der Waals surface area contributed by atoms with Crippen LogP contribution in [-0.2, 0) is 0 Å². The van der Waals surface area contributed by atoms with Crippen LogP contribution in [0.2, 0.25) is 0 Å². The third-order valence-corrected chi connectivity index (χ3v) is 6.00. The summed E-state index contributed by atoms with van der Waals surface area (Å²) in [6.07, 6.45) is 0. The summed E-state index contributed by atoms with van der Waals surface area (Å²) in [5.41, 5.74) is 0. The first-order chi connectivity index (χ1) is 2.00. The fourth-order valence-electron chi connectivity index (χ4n) is 0.0556. The predicted molar refractivity (Wildman–Crippen MR) is 20.3 cm³/mol. The zero-order chi connectivity index (χ0) is 2.83. The Hall–Kier alpha value is 0.779. The van der Waals surface area contributed by atoms with Crippen molar-refractivity contribution in [3.63, 3.8) is 0 Å². The van der Waals surface area contributed by atoms with Gasteiger partial charge in [0.25, 0.3) is 0 Å². The van der Waals surface area contributed by atoms with E-state index >= 15 is 0 Å². The molecule has 0 bridgehead atoms. The minimum atomic E-state index is 0.979. The molecule has 2 heteroatoms. The molecular weight excluding hydrogens is 182 g/mol. The molecular formula is C2H2Se2. The Morgan fingerprint density at radius 3 is 1.25 bits per heavy atom. The van der Waals surface area contributed by atoms with E-state index in [2.05, 4.69) is 9.88 Å². The van der Waals surface area contributed by atoms with E-state index in [0.717, 1.165) is 25.3 Å². The molecule has 0 N–H and O–H groups in total. The van der Waals surface area contributed by atoms with Crippen molar-refractivity contribution in [2.75, 3.05) is 0 Å². The van der Waals surface area contributed by atoms with E-state index in [1.54, 1.807) is 0 Å². The summed E-state index contributed by atoms with van der Waals surface area (Å²) in [6.45, 7) is 0. The van der Waals surface area contributed by atoms with Gasteiger partial charge >= 0.3 is 35.1 Å². The third kappa shape index (κ3) is 0.385. The van der Waals surface area contributed by atoms with Gasteiger partial charge in [-0.1, -0.05) is 0 Å². The van der Waals surface area contributed by atoms with E-state index < -0.39 is 0 Å². The normalized spacial score (nSPS) is 8.00. The molecule has 0 amide bonds. The topological polar surface area (TPSA) is 0 Å². The second kappa shape index (κ2) is 1.28. The number of hydrogen-bond acceptors (Lipinski definition) is 0. The summed E-state index contributed by atoms with van der Waals surface area (Å²) in [6, 6.07) is 0. The molecule has 4 heavy (non-hydrogen) atoms. The van der Waals surface area contributed by atoms with Gasteiger partial charge in [-0.15, -0.1) is 0 Å². The molecule has 22 valence electrons. The van der Waals surface area contributed by atoms with Gasteiger partial charge < -0.3 is 0 Å². The van der Waals surface area contributed by atoms with Gasteiger partial charge in [0.1, 0.15) is 0 Å². The van der Waals surface area contributed by atoms with Crippen molar-refractivity contribution in [1.82, 2.24) is 0 Å². The predicted octanol–water partition coefficient (Wildman–Crippen LogP) is -0.199. The zero-order valence-corrected chi connectivity index (χ0v) is 5.40. The van der Waals surface area contributed by atoms with Crippen LogP contribution in [0.1, 0.15) is 0 Å². The van der Waals surface area contributed by atoms with Crippen LogP contribution < -0.4 is 0 Å². The molecule has 1 heterocycles. The molecule has 0 radical (unpaired) electrons. The second-order valence-corrected chi connectivity index (χ2v) is 6.61. The Kier molecular flexibility index (Phi) is 0.955. The molecule has 0 atom stereocenters. The van der Waals surface area contributed by atoms with Crippen LogP contribution in [0.3, 0.4) is 0 Å². The van der Waals surface area contributed by atoms with Crippen molar-refractivity contribution >= 4 is 25.3 Å². The molecule has 0 saturated carbocycles. The van der Waals surface area contributed by atoms with Gasteiger partial charge in [-0.2, -0.15) is 0 Å². The second-order valence-electron chi connectivity index (χ2n) is 0.465. The van der Waals surface area contributed by atoms with Crippen molar-refractivity contribution in [2.24, 2.45) is 0 Å². The molecule has 1 aromatic heterocycles. The van der Waals surface area contributed by atoms with E-state index in [9.17, 15) is 0 Å². The maximum atomic E-state index is 2.27. The van der Waals surface area contributed by atoms with Gasteiger partial charge in [0.2, 0.25) is 0 Å². The Bertz CT molecular complexity index is 45.8. The average molecular weight is 184 g/mol. The standard InChI is InChI=1S/C2H2Se2/c1-2-4-3-1/h1-2H. The Morgan fingerprint density at radius 1 is 1.00 bits per heavy atom. The number of rotatable bonds is 0. The van der Waals surface area contributed by atoms with Gasteiger partial charge in [0.05, 0.1) is 0 Å². The quantitative estimate of drug-likeness (QED) is 0.490. The molecule has 0 aliphatic heterocycles. The molecule has 0 aliphatic rings. The van der Waals surface area contributed by atoms with Crippen LogP contribution in [0.4, 0.5) is 0 Å². The average Bonchev–Trinajstić information content (AvgIpc) is 0.722. The van der Waals surface area contributed by atoms with Crippen molar-refractivity contribution < 1.29 is 0 Å². The molecule has 0 unspecified atom stereocenters. The van der Waals surface area contributed by atoms with Crippen molar-refractivity contribution in [2.45, 2.75) is 0 Å². The van der Waals surface area contributed by atoms with Gasteiger partial charge in [0, 0.05) is 0 Å². The number of hydrogen-bond donors (Lipinski definition) is 0. The zero-order valence-electron chi connectivity index (χ0n) is 1.97. The van der Waals surface area contributed by atoms with Crippen LogP contribution in [-0.4, -0.2) is 25.3 Å². The van der Waals surface area contributed by atoms with Crippen molar-refractivity contribution in [1.29, 1.82) is 0 Å². The molecule has 0 fully saturated rings. The van der Waals surface area contributed by atoms with E-state index in [-0.39, 0.29) is 0 Å². The summed E-state index contributed by atoms with van der Waals surface area (Å²) in [5.74, 6) is 0. The fourth-order valence-corrected chi connectivity index (χ4v) is 1.50. The van der Waals surface area contributed by atoms with Gasteiger partial charge in [-0.05, 0) is 0 Å². The summed E-state index contributed by atoms with van der Waals surface area (Å²) in [5, 5.41) is 0.